The van der Waals surface area contributed by atoms with Crippen molar-refractivity contribution >= 4 is 34.7 Å². The predicted molar refractivity (Wildman–Crippen MR) is 127 cm³/mol. The van der Waals surface area contributed by atoms with Gasteiger partial charge in [0.2, 0.25) is 17.8 Å². The van der Waals surface area contributed by atoms with Crippen LogP contribution >= 0.6 is 0 Å². The first-order chi connectivity index (χ1) is 16.8. The number of anilines is 3. The summed E-state index contributed by atoms with van der Waals surface area (Å²) in [7, 11) is 0. The van der Waals surface area contributed by atoms with Crippen LogP contribution in [-0.4, -0.2) is 44.7 Å². The zero-order valence-corrected chi connectivity index (χ0v) is 19.6. The van der Waals surface area contributed by atoms with Gasteiger partial charge in [-0.25, -0.2) is 18.7 Å². The molecule has 1 saturated heterocycles. The number of halogens is 2. The predicted octanol–water partition coefficient (Wildman–Crippen LogP) is 4.05. The summed E-state index contributed by atoms with van der Waals surface area (Å²) in [6.07, 6.45) is 5.80. The highest BCUT2D eigenvalue weighted by atomic mass is 19.1. The lowest BCUT2D eigenvalue weighted by Crippen LogP contribution is -2.38. The highest BCUT2D eigenvalue weighted by Crippen LogP contribution is 2.43. The molecule has 1 aliphatic carbocycles. The molecule has 2 fully saturated rings. The number of carbonyl (C=O) groups is 1. The fourth-order valence-electron chi connectivity index (χ4n) is 4.89. The minimum atomic E-state index is -0.721. The number of primary amides is 1. The number of aromatic nitrogens is 4. The second-order valence-electron chi connectivity index (χ2n) is 9.62. The normalized spacial score (nSPS) is 23.3. The van der Waals surface area contributed by atoms with Crippen LogP contribution in [0.5, 0.6) is 0 Å². The Morgan fingerprint density at radius 3 is 2.49 bits per heavy atom. The lowest BCUT2D eigenvalue weighted by Gasteiger charge is -2.35. The van der Waals surface area contributed by atoms with Gasteiger partial charge in [0, 0.05) is 30.7 Å². The van der Waals surface area contributed by atoms with E-state index in [1.54, 1.807) is 6.20 Å². The van der Waals surface area contributed by atoms with E-state index in [4.69, 9.17) is 15.5 Å². The number of hydrogen-bond donors (Lipinski definition) is 3. The Morgan fingerprint density at radius 2 is 1.83 bits per heavy atom. The van der Waals surface area contributed by atoms with Crippen LogP contribution in [0.25, 0.3) is 11.2 Å². The van der Waals surface area contributed by atoms with E-state index in [0.29, 0.717) is 56.0 Å². The third-order valence-electron chi connectivity index (χ3n) is 7.21. The summed E-state index contributed by atoms with van der Waals surface area (Å²) < 4.78 is 36.2. The van der Waals surface area contributed by atoms with Crippen molar-refractivity contribution in [3.05, 3.63) is 36.0 Å². The molecule has 1 saturated carbocycles. The Kier molecular flexibility index (Phi) is 6.26. The SMILES string of the molecule is CC1(C(N)=O)CCC(n2c(Nc3c(F)cccc3F)nc3cnc(NC4CCOCC4)nc32)CC1. The summed E-state index contributed by atoms with van der Waals surface area (Å²) in [5, 5.41) is 6.21. The van der Waals surface area contributed by atoms with Crippen molar-refractivity contribution in [1.29, 1.82) is 0 Å². The third kappa shape index (κ3) is 4.64. The Bertz CT molecular complexity index is 1210. The van der Waals surface area contributed by atoms with E-state index in [1.807, 2.05) is 11.5 Å². The van der Waals surface area contributed by atoms with E-state index in [9.17, 15) is 13.6 Å². The van der Waals surface area contributed by atoms with E-state index >= 15 is 0 Å². The largest absolute Gasteiger partial charge is 0.381 e. The first kappa shape index (κ1) is 23.4. The molecule has 0 radical (unpaired) electrons. The van der Waals surface area contributed by atoms with Crippen molar-refractivity contribution in [2.75, 3.05) is 23.8 Å². The molecule has 4 N–H and O–H groups in total. The second kappa shape index (κ2) is 9.37. The molecule has 3 aromatic rings. The molecule has 11 heteroatoms. The van der Waals surface area contributed by atoms with Gasteiger partial charge in [-0.2, -0.15) is 4.98 Å². The van der Waals surface area contributed by atoms with Crippen LogP contribution in [0, 0.1) is 17.0 Å². The molecule has 0 bridgehead atoms. The van der Waals surface area contributed by atoms with Crippen LogP contribution in [0.4, 0.5) is 26.4 Å². The van der Waals surface area contributed by atoms with E-state index < -0.39 is 17.0 Å². The van der Waals surface area contributed by atoms with Crippen LogP contribution < -0.4 is 16.4 Å². The van der Waals surface area contributed by atoms with Crippen LogP contribution in [0.3, 0.4) is 0 Å². The Hall–Kier alpha value is -3.34. The number of nitrogens with two attached hydrogens (primary N) is 1. The van der Waals surface area contributed by atoms with Crippen molar-refractivity contribution in [2.45, 2.75) is 57.5 Å². The number of rotatable bonds is 6. The maximum atomic E-state index is 14.4. The summed E-state index contributed by atoms with van der Waals surface area (Å²) in [4.78, 5) is 25.7. The first-order valence-electron chi connectivity index (χ1n) is 11.9. The first-order valence-corrected chi connectivity index (χ1v) is 11.9. The molecular weight excluding hydrogens is 456 g/mol. The second-order valence-corrected chi connectivity index (χ2v) is 9.62. The molecular formula is C24H29F2N7O2. The Morgan fingerprint density at radius 1 is 1.14 bits per heavy atom. The minimum Gasteiger partial charge on any atom is -0.381 e. The molecule has 0 atom stereocenters. The van der Waals surface area contributed by atoms with E-state index in [2.05, 4.69) is 20.6 Å². The number of imidazole rings is 1. The molecule has 2 aliphatic rings. The topological polar surface area (TPSA) is 120 Å². The maximum Gasteiger partial charge on any atom is 0.224 e. The van der Waals surface area contributed by atoms with Gasteiger partial charge in [0.1, 0.15) is 22.8 Å². The fourth-order valence-corrected chi connectivity index (χ4v) is 4.89. The highest BCUT2D eigenvalue weighted by molar-refractivity contribution is 5.80. The van der Waals surface area contributed by atoms with Crippen molar-refractivity contribution in [2.24, 2.45) is 11.1 Å². The standard InChI is InChI=1S/C24H29F2N7O2/c1-24(21(27)34)9-5-15(6-10-24)33-20-18(13-28-22(32-20)29-14-7-11-35-12-8-14)30-23(33)31-19-16(25)3-2-4-17(19)26/h2-4,13-15H,5-12H2,1H3,(H2,27,34)(H,30,31)(H,28,29,32). The zero-order chi connectivity index (χ0) is 24.6. The van der Waals surface area contributed by atoms with Gasteiger partial charge < -0.3 is 21.1 Å². The number of hydrogen-bond acceptors (Lipinski definition) is 7. The van der Waals surface area contributed by atoms with Crippen LogP contribution in [0.2, 0.25) is 0 Å². The number of fused-ring (bicyclic) bond motifs is 1. The van der Waals surface area contributed by atoms with Gasteiger partial charge in [-0.05, 0) is 50.7 Å². The monoisotopic (exact) mass is 485 g/mol. The fraction of sp³-hybridized carbons (Fsp3) is 0.500. The Balaban J connectivity index is 1.53. The van der Waals surface area contributed by atoms with E-state index in [-0.39, 0.29) is 29.6 Å². The number of amides is 1. The van der Waals surface area contributed by atoms with E-state index in [1.165, 1.54) is 18.2 Å². The maximum absolute atomic E-state index is 14.4. The van der Waals surface area contributed by atoms with Gasteiger partial charge in [0.05, 0.1) is 6.20 Å². The number of carbonyl (C=O) groups excluding carboxylic acids is 1. The summed E-state index contributed by atoms with van der Waals surface area (Å²) >= 11 is 0. The molecule has 35 heavy (non-hydrogen) atoms. The van der Waals surface area contributed by atoms with Crippen molar-refractivity contribution in [3.8, 4) is 0 Å². The molecule has 3 heterocycles. The van der Waals surface area contributed by atoms with Gasteiger partial charge >= 0.3 is 0 Å². The average Bonchev–Trinajstić information content (AvgIpc) is 3.20. The summed E-state index contributed by atoms with van der Waals surface area (Å²) in [6, 6.07) is 3.80. The zero-order valence-electron chi connectivity index (χ0n) is 19.6. The molecule has 1 aromatic carbocycles. The number of nitrogens with one attached hydrogen (secondary N) is 2. The molecule has 1 amide bonds. The van der Waals surface area contributed by atoms with Crippen molar-refractivity contribution in [3.63, 3.8) is 0 Å². The van der Waals surface area contributed by atoms with Crippen LogP contribution in [0.15, 0.2) is 24.4 Å². The van der Waals surface area contributed by atoms with Gasteiger partial charge in [-0.15, -0.1) is 0 Å². The van der Waals surface area contributed by atoms with Crippen molar-refractivity contribution in [1.82, 2.24) is 19.5 Å². The van der Waals surface area contributed by atoms with Gasteiger partial charge in [0.25, 0.3) is 0 Å². The molecule has 0 spiro atoms. The summed E-state index contributed by atoms with van der Waals surface area (Å²) in [6.45, 7) is 3.24. The molecule has 0 unspecified atom stereocenters. The number of benzene rings is 1. The molecule has 5 rings (SSSR count). The lowest BCUT2D eigenvalue weighted by atomic mass is 9.73. The smallest absolute Gasteiger partial charge is 0.224 e. The lowest BCUT2D eigenvalue weighted by molar-refractivity contribution is -0.128. The molecule has 186 valence electrons. The van der Waals surface area contributed by atoms with Gasteiger partial charge in [-0.1, -0.05) is 13.0 Å². The Labute approximate surface area is 201 Å². The van der Waals surface area contributed by atoms with Crippen molar-refractivity contribution < 1.29 is 18.3 Å². The summed E-state index contributed by atoms with van der Waals surface area (Å²) in [5.74, 6) is -1.02. The minimum absolute atomic E-state index is 0.0874. The van der Waals surface area contributed by atoms with Crippen LogP contribution in [0.1, 0.15) is 51.5 Å². The van der Waals surface area contributed by atoms with Gasteiger partial charge in [-0.3, -0.25) is 9.36 Å². The number of para-hydroxylation sites is 1. The average molecular weight is 486 g/mol. The number of ether oxygens (including phenoxy) is 1. The molecule has 1 aliphatic heterocycles. The third-order valence-corrected chi connectivity index (χ3v) is 7.21. The number of nitrogens with zero attached hydrogens (tertiary/aromatic N) is 4. The molecule has 2 aromatic heterocycles. The van der Waals surface area contributed by atoms with E-state index in [0.717, 1.165) is 12.8 Å². The molecule has 9 nitrogen and oxygen atoms in total. The van der Waals surface area contributed by atoms with Gasteiger partial charge in [0.15, 0.2) is 5.65 Å². The highest BCUT2D eigenvalue weighted by Gasteiger charge is 2.37. The summed E-state index contributed by atoms with van der Waals surface area (Å²) in [5.41, 5.74) is 5.84. The quantitative estimate of drug-likeness (QED) is 0.482. The van der Waals surface area contributed by atoms with Crippen LogP contribution in [-0.2, 0) is 9.53 Å².